The Morgan fingerprint density at radius 3 is 2.63 bits per heavy atom. The van der Waals surface area contributed by atoms with Gasteiger partial charge in [0.05, 0.1) is 22.8 Å². The molecule has 0 aromatic heterocycles. The van der Waals surface area contributed by atoms with Crippen LogP contribution in [-0.2, 0) is 10.0 Å². The van der Waals surface area contributed by atoms with Crippen LogP contribution in [0.25, 0.3) is 0 Å². The molecule has 1 rings (SSSR count). The number of hydrogen-bond acceptors (Lipinski definition) is 4. The third kappa shape index (κ3) is 3.91. The number of nitriles is 1. The van der Waals surface area contributed by atoms with Crippen LogP contribution >= 0.6 is 11.6 Å². The molecule has 1 atom stereocenters. The monoisotopic (exact) mass is 302 g/mol. The second kappa shape index (κ2) is 6.35. The number of nitrogens with zero attached hydrogens (tertiary/aromatic N) is 2. The highest BCUT2D eigenvalue weighted by Crippen LogP contribution is 2.25. The van der Waals surface area contributed by atoms with E-state index < -0.39 is 16.1 Å². The van der Waals surface area contributed by atoms with E-state index in [1.165, 1.54) is 25.2 Å². The number of sulfonamides is 1. The second-order valence-electron chi connectivity index (χ2n) is 4.22. The first-order valence-corrected chi connectivity index (χ1v) is 7.45. The van der Waals surface area contributed by atoms with Crippen molar-refractivity contribution in [3.05, 3.63) is 28.8 Å². The highest BCUT2D eigenvalue weighted by Gasteiger charge is 2.23. The summed E-state index contributed by atoms with van der Waals surface area (Å²) >= 11 is 5.89. The Hall–Kier alpha value is -1.13. The Balaban J connectivity index is 3.04. The van der Waals surface area contributed by atoms with Gasteiger partial charge in [0.15, 0.2) is 0 Å². The highest BCUT2D eigenvalue weighted by molar-refractivity contribution is 7.89. The maximum atomic E-state index is 12.2. The predicted octanol–water partition coefficient (Wildman–Crippen LogP) is 1.60. The summed E-state index contributed by atoms with van der Waals surface area (Å²) in [4.78, 5) is -0.0405. The number of rotatable bonds is 5. The molecule has 0 aliphatic rings. The average molecular weight is 303 g/mol. The Morgan fingerprint density at radius 2 is 2.16 bits per heavy atom. The van der Waals surface area contributed by atoms with Crippen LogP contribution in [0, 0.1) is 11.3 Å². The summed E-state index contributed by atoms with van der Waals surface area (Å²) in [6.07, 6.45) is -0.238. The summed E-state index contributed by atoms with van der Waals surface area (Å²) < 4.78 is 25.6. The van der Waals surface area contributed by atoms with Crippen LogP contribution in [0.15, 0.2) is 23.1 Å². The number of aliphatic hydroxyl groups is 1. The van der Waals surface area contributed by atoms with Crippen molar-refractivity contribution in [2.45, 2.75) is 24.3 Å². The first-order chi connectivity index (χ1) is 8.78. The van der Waals surface area contributed by atoms with Crippen LogP contribution in [-0.4, -0.2) is 37.5 Å². The minimum Gasteiger partial charge on any atom is -0.393 e. The Kier molecular flexibility index (Phi) is 5.32. The Labute approximate surface area is 118 Å². The molecule has 0 amide bonds. The van der Waals surface area contributed by atoms with Gasteiger partial charge in [-0.05, 0) is 31.5 Å². The smallest absolute Gasteiger partial charge is 0.244 e. The quantitative estimate of drug-likeness (QED) is 0.896. The summed E-state index contributed by atoms with van der Waals surface area (Å²) in [6.45, 7) is 1.78. The molecule has 104 valence electrons. The zero-order valence-corrected chi connectivity index (χ0v) is 12.2. The number of aliphatic hydroxyl groups excluding tert-OH is 1. The molecule has 0 fully saturated rings. The maximum Gasteiger partial charge on any atom is 0.244 e. The summed E-state index contributed by atoms with van der Waals surface area (Å²) in [5, 5.41) is 17.9. The topological polar surface area (TPSA) is 81.4 Å². The summed E-state index contributed by atoms with van der Waals surface area (Å²) in [6, 6.07) is 5.92. The van der Waals surface area contributed by atoms with Gasteiger partial charge in [-0.1, -0.05) is 11.6 Å². The van der Waals surface area contributed by atoms with Crippen LogP contribution in [0.1, 0.15) is 18.9 Å². The lowest BCUT2D eigenvalue weighted by Gasteiger charge is -2.18. The molecule has 5 nitrogen and oxygen atoms in total. The molecular weight excluding hydrogens is 288 g/mol. The summed E-state index contributed by atoms with van der Waals surface area (Å²) in [5.41, 5.74) is 0.301. The van der Waals surface area contributed by atoms with Crippen molar-refractivity contribution in [3.8, 4) is 6.07 Å². The molecule has 1 aromatic rings. The van der Waals surface area contributed by atoms with Crippen LogP contribution in [0.2, 0.25) is 5.02 Å². The van der Waals surface area contributed by atoms with E-state index in [1.807, 2.05) is 6.07 Å². The standard InChI is InChI=1S/C12H15ClN2O3S/c1-9(16)5-6-15(2)19(17,18)12-4-3-10(8-14)7-11(12)13/h3-4,7,9,16H,5-6H2,1-2H3. The van der Waals surface area contributed by atoms with Crippen LogP contribution in [0.5, 0.6) is 0 Å². The van der Waals surface area contributed by atoms with Gasteiger partial charge in [0, 0.05) is 13.6 Å². The summed E-state index contributed by atoms with van der Waals surface area (Å²) in [5.74, 6) is 0. The van der Waals surface area contributed by atoms with E-state index in [1.54, 1.807) is 6.92 Å². The fraction of sp³-hybridized carbons (Fsp3) is 0.417. The lowest BCUT2D eigenvalue weighted by molar-refractivity contribution is 0.177. The number of hydrogen-bond donors (Lipinski definition) is 1. The van der Waals surface area contributed by atoms with Crippen LogP contribution in [0.4, 0.5) is 0 Å². The molecule has 0 aliphatic heterocycles. The van der Waals surface area contributed by atoms with Crippen molar-refractivity contribution in [3.63, 3.8) is 0 Å². The highest BCUT2D eigenvalue weighted by atomic mass is 35.5. The molecule has 19 heavy (non-hydrogen) atoms. The SMILES string of the molecule is CC(O)CCN(C)S(=O)(=O)c1ccc(C#N)cc1Cl. The van der Waals surface area contributed by atoms with Gasteiger partial charge in [-0.2, -0.15) is 5.26 Å². The maximum absolute atomic E-state index is 12.2. The van der Waals surface area contributed by atoms with E-state index in [0.29, 0.717) is 12.0 Å². The van der Waals surface area contributed by atoms with Gasteiger partial charge < -0.3 is 5.11 Å². The lowest BCUT2D eigenvalue weighted by atomic mass is 10.2. The molecule has 0 aliphatic carbocycles. The fourth-order valence-corrected chi connectivity index (χ4v) is 3.14. The normalized spacial score (nSPS) is 13.3. The molecule has 0 radical (unpaired) electrons. The molecule has 0 saturated carbocycles. The molecule has 0 spiro atoms. The van der Waals surface area contributed by atoms with Crippen LogP contribution < -0.4 is 0 Å². The number of halogens is 1. The average Bonchev–Trinajstić information content (AvgIpc) is 2.35. The second-order valence-corrected chi connectivity index (χ2v) is 6.64. The molecule has 1 aromatic carbocycles. The van der Waals surface area contributed by atoms with Crippen molar-refractivity contribution < 1.29 is 13.5 Å². The predicted molar refractivity (Wildman–Crippen MR) is 72.3 cm³/mol. The Morgan fingerprint density at radius 1 is 1.53 bits per heavy atom. The van der Waals surface area contributed by atoms with E-state index in [9.17, 15) is 13.5 Å². The molecule has 0 saturated heterocycles. The first kappa shape index (κ1) is 15.9. The van der Waals surface area contributed by atoms with Crippen LogP contribution in [0.3, 0.4) is 0 Å². The number of benzene rings is 1. The Bertz CT molecular complexity index is 593. The zero-order chi connectivity index (χ0) is 14.6. The third-order valence-electron chi connectivity index (χ3n) is 2.61. The van der Waals surface area contributed by atoms with Gasteiger partial charge in [-0.25, -0.2) is 12.7 Å². The van der Waals surface area contributed by atoms with Gasteiger partial charge in [-0.3, -0.25) is 0 Å². The third-order valence-corrected chi connectivity index (χ3v) is 4.95. The van der Waals surface area contributed by atoms with E-state index in [4.69, 9.17) is 16.9 Å². The van der Waals surface area contributed by atoms with Crippen molar-refractivity contribution in [2.75, 3.05) is 13.6 Å². The minimum absolute atomic E-state index is 0.0166. The van der Waals surface area contributed by atoms with Gasteiger partial charge in [0.1, 0.15) is 4.90 Å². The van der Waals surface area contributed by atoms with E-state index in [-0.39, 0.29) is 16.5 Å². The lowest BCUT2D eigenvalue weighted by Crippen LogP contribution is -2.29. The molecule has 0 bridgehead atoms. The minimum atomic E-state index is -3.71. The van der Waals surface area contributed by atoms with E-state index >= 15 is 0 Å². The molecule has 1 unspecified atom stereocenters. The van der Waals surface area contributed by atoms with Crippen molar-refractivity contribution in [1.29, 1.82) is 5.26 Å². The molecule has 0 heterocycles. The van der Waals surface area contributed by atoms with E-state index in [2.05, 4.69) is 0 Å². The van der Waals surface area contributed by atoms with Crippen molar-refractivity contribution in [2.24, 2.45) is 0 Å². The van der Waals surface area contributed by atoms with Gasteiger partial charge >= 0.3 is 0 Å². The van der Waals surface area contributed by atoms with Crippen molar-refractivity contribution in [1.82, 2.24) is 4.31 Å². The first-order valence-electron chi connectivity index (χ1n) is 5.63. The largest absolute Gasteiger partial charge is 0.393 e. The molecule has 7 heteroatoms. The summed E-state index contributed by atoms with van der Waals surface area (Å²) in [7, 11) is -2.29. The van der Waals surface area contributed by atoms with E-state index in [0.717, 1.165) is 4.31 Å². The fourth-order valence-electron chi connectivity index (χ4n) is 1.44. The molecule has 1 N–H and O–H groups in total. The van der Waals surface area contributed by atoms with Gasteiger partial charge in [0.25, 0.3) is 0 Å². The molecular formula is C12H15ClN2O3S. The zero-order valence-electron chi connectivity index (χ0n) is 10.7. The van der Waals surface area contributed by atoms with Gasteiger partial charge in [-0.15, -0.1) is 0 Å². The van der Waals surface area contributed by atoms with Gasteiger partial charge in [0.2, 0.25) is 10.0 Å². The van der Waals surface area contributed by atoms with Crippen molar-refractivity contribution >= 4 is 21.6 Å².